The maximum atomic E-state index is 11.7. The zero-order chi connectivity index (χ0) is 13.2. The van der Waals surface area contributed by atoms with Crippen LogP contribution in [0.2, 0.25) is 0 Å². The number of ether oxygens (including phenoxy) is 1. The van der Waals surface area contributed by atoms with E-state index >= 15 is 0 Å². The monoisotopic (exact) mass is 252 g/mol. The molecule has 0 amide bonds. The zero-order valence-electron chi connectivity index (χ0n) is 10.4. The lowest BCUT2D eigenvalue weighted by Crippen LogP contribution is -2.05. The highest BCUT2D eigenvalue weighted by Gasteiger charge is 2.07. The van der Waals surface area contributed by atoms with Gasteiger partial charge < -0.3 is 9.72 Å². The van der Waals surface area contributed by atoms with Crippen LogP contribution >= 0.6 is 0 Å². The number of aromatic nitrogens is 2. The van der Waals surface area contributed by atoms with Gasteiger partial charge in [-0.25, -0.2) is 4.98 Å². The summed E-state index contributed by atoms with van der Waals surface area (Å²) in [6.45, 7) is 0. The topological polar surface area (TPSA) is 55.0 Å². The minimum absolute atomic E-state index is 0.163. The maximum Gasteiger partial charge on any atom is 0.250 e. The molecule has 0 fully saturated rings. The van der Waals surface area contributed by atoms with Gasteiger partial charge in [0.05, 0.1) is 7.11 Å². The van der Waals surface area contributed by atoms with Crippen molar-refractivity contribution >= 4 is 11.0 Å². The van der Waals surface area contributed by atoms with Crippen molar-refractivity contribution in [2.75, 3.05) is 7.11 Å². The molecule has 19 heavy (non-hydrogen) atoms. The first-order valence-corrected chi connectivity index (χ1v) is 5.90. The molecule has 0 bridgehead atoms. The van der Waals surface area contributed by atoms with Crippen molar-refractivity contribution in [1.82, 2.24) is 9.97 Å². The predicted molar refractivity (Wildman–Crippen MR) is 74.4 cm³/mol. The van der Waals surface area contributed by atoms with Crippen molar-refractivity contribution in [2.45, 2.75) is 0 Å². The Labute approximate surface area is 109 Å². The van der Waals surface area contributed by atoms with Crippen LogP contribution in [-0.4, -0.2) is 17.1 Å². The Bertz CT molecular complexity index is 793. The molecule has 0 unspecified atom stereocenters. The first-order chi connectivity index (χ1) is 9.28. The molecular weight excluding hydrogens is 240 g/mol. The van der Waals surface area contributed by atoms with Gasteiger partial charge in [0.2, 0.25) is 5.56 Å². The molecule has 94 valence electrons. The van der Waals surface area contributed by atoms with E-state index in [0.717, 1.165) is 22.3 Å². The molecule has 1 aromatic carbocycles. The van der Waals surface area contributed by atoms with Crippen molar-refractivity contribution in [3.63, 3.8) is 0 Å². The second-order valence-electron chi connectivity index (χ2n) is 4.18. The summed E-state index contributed by atoms with van der Waals surface area (Å²) in [5.41, 5.74) is 2.21. The number of pyridine rings is 2. The van der Waals surface area contributed by atoms with Crippen molar-refractivity contribution in [3.8, 4) is 16.9 Å². The van der Waals surface area contributed by atoms with Crippen LogP contribution in [0.1, 0.15) is 0 Å². The first kappa shape index (κ1) is 11.5. The lowest BCUT2D eigenvalue weighted by atomic mass is 10.0. The number of nitrogens with zero attached hydrogens (tertiary/aromatic N) is 1. The van der Waals surface area contributed by atoms with Crippen molar-refractivity contribution in [1.29, 1.82) is 0 Å². The van der Waals surface area contributed by atoms with Gasteiger partial charge in [-0.05, 0) is 35.4 Å². The van der Waals surface area contributed by atoms with E-state index in [1.165, 1.54) is 0 Å². The number of hydrogen-bond donors (Lipinski definition) is 1. The Hall–Kier alpha value is -2.62. The normalized spacial score (nSPS) is 10.6. The molecule has 0 aliphatic heterocycles. The molecule has 2 aromatic heterocycles. The van der Waals surface area contributed by atoms with Gasteiger partial charge in [-0.15, -0.1) is 0 Å². The zero-order valence-corrected chi connectivity index (χ0v) is 10.4. The number of benzene rings is 1. The van der Waals surface area contributed by atoms with Crippen LogP contribution in [0.25, 0.3) is 22.2 Å². The van der Waals surface area contributed by atoms with Crippen LogP contribution in [0.5, 0.6) is 5.75 Å². The second kappa shape index (κ2) is 4.57. The fraction of sp³-hybridized carbons (Fsp3) is 0.0667. The van der Waals surface area contributed by atoms with Gasteiger partial charge in [0, 0.05) is 17.6 Å². The molecule has 4 nitrogen and oxygen atoms in total. The summed E-state index contributed by atoms with van der Waals surface area (Å²) >= 11 is 0. The predicted octanol–water partition coefficient (Wildman–Crippen LogP) is 2.60. The average Bonchev–Trinajstić information content (AvgIpc) is 2.46. The highest BCUT2D eigenvalue weighted by molar-refractivity contribution is 5.92. The Balaban J connectivity index is 2.32. The highest BCUT2D eigenvalue weighted by Crippen LogP contribution is 2.27. The van der Waals surface area contributed by atoms with Gasteiger partial charge in [0.1, 0.15) is 11.4 Å². The minimum atomic E-state index is -0.163. The number of methoxy groups -OCH3 is 1. The third-order valence-electron chi connectivity index (χ3n) is 3.00. The maximum absolute atomic E-state index is 11.7. The Morgan fingerprint density at radius 2 is 2.05 bits per heavy atom. The average molecular weight is 252 g/mol. The van der Waals surface area contributed by atoms with Crippen molar-refractivity contribution < 1.29 is 4.74 Å². The number of hydrogen-bond acceptors (Lipinski definition) is 3. The van der Waals surface area contributed by atoms with Gasteiger partial charge in [-0.2, -0.15) is 0 Å². The summed E-state index contributed by atoms with van der Waals surface area (Å²) in [5.74, 6) is 0.759. The van der Waals surface area contributed by atoms with Crippen LogP contribution in [-0.2, 0) is 0 Å². The number of aromatic amines is 1. The highest BCUT2D eigenvalue weighted by atomic mass is 16.5. The molecule has 1 N–H and O–H groups in total. The fourth-order valence-corrected chi connectivity index (χ4v) is 2.11. The summed E-state index contributed by atoms with van der Waals surface area (Å²) in [5, 5.41) is 0.912. The molecule has 3 rings (SSSR count). The van der Waals surface area contributed by atoms with Gasteiger partial charge >= 0.3 is 0 Å². The van der Waals surface area contributed by atoms with Crippen molar-refractivity contribution in [2.24, 2.45) is 0 Å². The second-order valence-corrected chi connectivity index (χ2v) is 4.18. The summed E-state index contributed by atoms with van der Waals surface area (Å²) in [6.07, 6.45) is 1.66. The molecule has 0 saturated carbocycles. The number of fused-ring (bicyclic) bond motifs is 1. The van der Waals surface area contributed by atoms with Gasteiger partial charge in [0.25, 0.3) is 0 Å². The third-order valence-corrected chi connectivity index (χ3v) is 3.00. The fourth-order valence-electron chi connectivity index (χ4n) is 2.11. The van der Waals surface area contributed by atoms with Crippen LogP contribution < -0.4 is 10.3 Å². The molecular formula is C15H12N2O2. The van der Waals surface area contributed by atoms with Gasteiger partial charge in [-0.1, -0.05) is 12.1 Å². The Morgan fingerprint density at radius 1 is 1.16 bits per heavy atom. The van der Waals surface area contributed by atoms with E-state index in [1.54, 1.807) is 19.4 Å². The van der Waals surface area contributed by atoms with E-state index in [0.29, 0.717) is 5.65 Å². The van der Waals surface area contributed by atoms with Gasteiger partial charge in [0.15, 0.2) is 0 Å². The molecule has 2 heterocycles. The molecule has 0 aliphatic carbocycles. The van der Waals surface area contributed by atoms with E-state index in [-0.39, 0.29) is 5.56 Å². The van der Waals surface area contributed by atoms with Crippen LogP contribution in [0.3, 0.4) is 0 Å². The Morgan fingerprint density at radius 3 is 2.89 bits per heavy atom. The van der Waals surface area contributed by atoms with E-state index in [4.69, 9.17) is 4.74 Å². The van der Waals surface area contributed by atoms with Gasteiger partial charge in [-0.3, -0.25) is 4.79 Å². The summed E-state index contributed by atoms with van der Waals surface area (Å²) < 4.78 is 5.22. The van der Waals surface area contributed by atoms with Crippen LogP contribution in [0, 0.1) is 0 Å². The summed E-state index contributed by atoms with van der Waals surface area (Å²) in [4.78, 5) is 18.6. The molecule has 3 aromatic rings. The molecule has 0 spiro atoms. The number of nitrogens with one attached hydrogen (secondary N) is 1. The van der Waals surface area contributed by atoms with E-state index in [1.807, 2.05) is 36.4 Å². The number of rotatable bonds is 2. The molecule has 0 aliphatic rings. The standard InChI is InChI=1S/C15H12N2O2/c1-19-11-5-2-4-10(8-11)13-9-14(18)17-15-12(13)6-3-7-16-15/h2-9H,1H3,(H,16,17,18). The van der Waals surface area contributed by atoms with E-state index < -0.39 is 0 Å². The SMILES string of the molecule is COc1cccc(-c2cc(=O)[nH]c3ncccc23)c1. The molecule has 0 radical (unpaired) electrons. The summed E-state index contributed by atoms with van der Waals surface area (Å²) in [6, 6.07) is 13.0. The smallest absolute Gasteiger partial charge is 0.250 e. The van der Waals surface area contributed by atoms with E-state index in [9.17, 15) is 4.79 Å². The minimum Gasteiger partial charge on any atom is -0.497 e. The molecule has 4 heteroatoms. The molecule has 0 saturated heterocycles. The van der Waals surface area contributed by atoms with E-state index in [2.05, 4.69) is 9.97 Å². The lowest BCUT2D eigenvalue weighted by molar-refractivity contribution is 0.415. The molecule has 0 atom stereocenters. The first-order valence-electron chi connectivity index (χ1n) is 5.90. The third kappa shape index (κ3) is 2.08. The Kier molecular flexibility index (Phi) is 2.76. The largest absolute Gasteiger partial charge is 0.497 e. The summed E-state index contributed by atoms with van der Waals surface area (Å²) in [7, 11) is 1.62. The quantitative estimate of drug-likeness (QED) is 0.762. The number of H-pyrrole nitrogens is 1. The lowest BCUT2D eigenvalue weighted by Gasteiger charge is -2.07. The van der Waals surface area contributed by atoms with Crippen molar-refractivity contribution in [3.05, 3.63) is 59.0 Å². The van der Waals surface area contributed by atoms with Crippen LogP contribution in [0.4, 0.5) is 0 Å². The van der Waals surface area contributed by atoms with Crippen LogP contribution in [0.15, 0.2) is 53.5 Å².